The lowest BCUT2D eigenvalue weighted by Crippen LogP contribution is -2.18. The van der Waals surface area contributed by atoms with Gasteiger partial charge in [-0.3, -0.25) is 9.59 Å². The Morgan fingerprint density at radius 3 is 1.61 bits per heavy atom. The third kappa shape index (κ3) is 6.54. The summed E-state index contributed by atoms with van der Waals surface area (Å²) >= 11 is 0. The van der Waals surface area contributed by atoms with Crippen molar-refractivity contribution in [1.82, 2.24) is 10.6 Å². The number of nitrogens with one attached hydrogen (secondary N) is 2. The van der Waals surface area contributed by atoms with Crippen molar-refractivity contribution in [2.75, 3.05) is 14.1 Å². The molecule has 4 bridgehead atoms. The lowest BCUT2D eigenvalue weighted by atomic mass is 9.95. The highest BCUT2D eigenvalue weighted by molar-refractivity contribution is 6.13. The number of furan rings is 2. The topological polar surface area (TPSA) is 103 Å². The second-order valence-corrected chi connectivity index (χ2v) is 13.8. The molecule has 0 unspecified atom stereocenters. The number of rotatable bonds is 4. The fourth-order valence-electron chi connectivity index (χ4n) is 7.60. The molecule has 10 heteroatoms. The largest absolute Gasteiger partial charge is 0.489 e. The van der Waals surface area contributed by atoms with Crippen LogP contribution < -0.4 is 20.1 Å². The number of fused-ring (bicyclic) bond motifs is 10. The molecule has 0 spiro atoms. The molecule has 2 aromatic heterocycles. The van der Waals surface area contributed by atoms with Gasteiger partial charge in [-0.05, 0) is 102 Å². The molecule has 2 amide bonds. The van der Waals surface area contributed by atoms with Crippen LogP contribution in [0.2, 0.25) is 0 Å². The second kappa shape index (κ2) is 14.5. The van der Waals surface area contributed by atoms with Gasteiger partial charge in [-0.2, -0.15) is 0 Å². The predicted molar refractivity (Wildman–Crippen MR) is 213 cm³/mol. The maximum Gasteiger partial charge on any atom is 0.255 e. The standard InChI is InChI=1S/C47H34F2N2O6/c1-50-46(52)42-40-34-24-27-6-4-8-33(22-27)55-37-18-20-39-41(43(47(53)51-2)45(57-39)30-11-15-32(49)16-12-30)35(37)23-26-5-3-7-28(21-26)25-54-36(34)17-19-38(40)56-44(42)29-9-13-31(48)14-10-29/h3-22H,23-25H2,1-2H3,(H,50,52)(H,51,53). The van der Waals surface area contributed by atoms with E-state index in [-0.39, 0.29) is 18.4 Å². The molecule has 282 valence electrons. The van der Waals surface area contributed by atoms with E-state index >= 15 is 0 Å². The van der Waals surface area contributed by atoms with E-state index in [9.17, 15) is 18.4 Å². The summed E-state index contributed by atoms with van der Waals surface area (Å²) in [7, 11) is 3.11. The Labute approximate surface area is 325 Å². The number of ether oxygens (including phenoxy) is 2. The van der Waals surface area contributed by atoms with Crippen molar-refractivity contribution in [1.29, 1.82) is 0 Å². The summed E-state index contributed by atoms with van der Waals surface area (Å²) in [5.74, 6) is 0.753. The maximum atomic E-state index is 14.0. The van der Waals surface area contributed by atoms with Gasteiger partial charge in [-0.15, -0.1) is 0 Å². The molecule has 2 N–H and O–H groups in total. The van der Waals surface area contributed by atoms with Crippen molar-refractivity contribution < 1.29 is 36.7 Å². The van der Waals surface area contributed by atoms with Crippen LogP contribution in [0.15, 0.2) is 130 Å². The van der Waals surface area contributed by atoms with Crippen molar-refractivity contribution in [2.24, 2.45) is 0 Å². The van der Waals surface area contributed by atoms with Crippen molar-refractivity contribution in [2.45, 2.75) is 19.4 Å². The highest BCUT2D eigenvalue weighted by Gasteiger charge is 2.28. The fraction of sp³-hybridized carbons (Fsp3) is 0.106. The first kappa shape index (κ1) is 35.5. The van der Waals surface area contributed by atoms with E-state index in [0.717, 1.165) is 27.8 Å². The molecule has 8 aromatic rings. The molecule has 0 saturated heterocycles. The molecule has 1 aliphatic heterocycles. The van der Waals surface area contributed by atoms with E-state index in [1.165, 1.54) is 24.3 Å². The molecular formula is C47H34F2N2O6. The summed E-state index contributed by atoms with van der Waals surface area (Å²) in [6.07, 6.45) is 0.715. The molecule has 0 aliphatic carbocycles. The van der Waals surface area contributed by atoms with Crippen LogP contribution in [-0.2, 0) is 19.4 Å². The van der Waals surface area contributed by atoms with Crippen LogP contribution >= 0.6 is 0 Å². The molecule has 6 aromatic carbocycles. The first-order chi connectivity index (χ1) is 27.8. The van der Waals surface area contributed by atoms with Crippen molar-refractivity contribution in [3.63, 3.8) is 0 Å². The van der Waals surface area contributed by atoms with E-state index in [0.29, 0.717) is 85.8 Å². The summed E-state index contributed by atoms with van der Waals surface area (Å²) in [5.41, 5.74) is 6.85. The van der Waals surface area contributed by atoms with Crippen LogP contribution in [0, 0.1) is 11.6 Å². The average molecular weight is 761 g/mol. The Morgan fingerprint density at radius 2 is 1.05 bits per heavy atom. The molecule has 8 nitrogen and oxygen atoms in total. The van der Waals surface area contributed by atoms with Crippen LogP contribution in [0.1, 0.15) is 48.5 Å². The van der Waals surface area contributed by atoms with E-state index in [2.05, 4.69) is 10.6 Å². The van der Waals surface area contributed by atoms with E-state index in [1.807, 2.05) is 60.7 Å². The number of halogens is 2. The van der Waals surface area contributed by atoms with E-state index in [4.69, 9.17) is 18.3 Å². The number of benzene rings is 6. The molecule has 1 aliphatic rings. The quantitative estimate of drug-likeness (QED) is 0.185. The number of hydrogen-bond donors (Lipinski definition) is 2. The summed E-state index contributed by atoms with van der Waals surface area (Å²) in [6, 6.07) is 34.5. The van der Waals surface area contributed by atoms with Gasteiger partial charge in [-0.1, -0.05) is 36.4 Å². The Morgan fingerprint density at radius 1 is 0.561 bits per heavy atom. The minimum Gasteiger partial charge on any atom is -0.489 e. The summed E-state index contributed by atoms with van der Waals surface area (Å²) in [6.45, 7) is 0.210. The van der Waals surface area contributed by atoms with Gasteiger partial charge in [0, 0.05) is 60.0 Å². The van der Waals surface area contributed by atoms with E-state index in [1.54, 1.807) is 50.5 Å². The van der Waals surface area contributed by atoms with Gasteiger partial charge in [-0.25, -0.2) is 8.78 Å². The van der Waals surface area contributed by atoms with Crippen LogP contribution in [0.5, 0.6) is 17.2 Å². The lowest BCUT2D eigenvalue weighted by molar-refractivity contribution is 0.0956. The van der Waals surface area contributed by atoms with Crippen molar-refractivity contribution in [3.05, 3.63) is 172 Å². The first-order valence-electron chi connectivity index (χ1n) is 18.4. The van der Waals surface area contributed by atoms with Crippen LogP contribution in [0.3, 0.4) is 0 Å². The maximum absolute atomic E-state index is 14.0. The summed E-state index contributed by atoms with van der Waals surface area (Å²) < 4.78 is 54.0. The summed E-state index contributed by atoms with van der Waals surface area (Å²) in [5, 5.41) is 6.69. The van der Waals surface area contributed by atoms with Crippen LogP contribution in [-0.4, -0.2) is 25.9 Å². The van der Waals surface area contributed by atoms with Crippen LogP contribution in [0.25, 0.3) is 44.6 Å². The van der Waals surface area contributed by atoms with Gasteiger partial charge < -0.3 is 28.9 Å². The smallest absolute Gasteiger partial charge is 0.255 e. The van der Waals surface area contributed by atoms with Crippen molar-refractivity contribution >= 4 is 33.8 Å². The van der Waals surface area contributed by atoms with Gasteiger partial charge in [0.1, 0.15) is 58.2 Å². The molecule has 57 heavy (non-hydrogen) atoms. The molecular weight excluding hydrogens is 727 g/mol. The van der Waals surface area contributed by atoms with Crippen molar-refractivity contribution in [3.8, 4) is 39.9 Å². The zero-order valence-corrected chi connectivity index (χ0v) is 30.9. The highest BCUT2D eigenvalue weighted by Crippen LogP contribution is 2.43. The zero-order chi connectivity index (χ0) is 39.2. The molecule has 0 atom stereocenters. The fourth-order valence-corrected chi connectivity index (χ4v) is 7.60. The Hall–Kier alpha value is -7.20. The first-order valence-corrected chi connectivity index (χ1v) is 18.4. The Balaban J connectivity index is 1.23. The van der Waals surface area contributed by atoms with Gasteiger partial charge in [0.25, 0.3) is 11.8 Å². The third-order valence-corrected chi connectivity index (χ3v) is 10.2. The molecule has 9 rings (SSSR count). The van der Waals surface area contributed by atoms with Gasteiger partial charge >= 0.3 is 0 Å². The monoisotopic (exact) mass is 760 g/mol. The minimum atomic E-state index is -0.402. The SMILES string of the molecule is CNC(=O)c1c(-c2ccc(F)cc2)oc2ccc3c(c12)Cc1cccc(c1)Oc1ccc2oc(-c4ccc(F)cc4)c(C(=O)NC)c2c1Cc1cccc(c1)CO3. The molecule has 0 saturated carbocycles. The Kier molecular flexibility index (Phi) is 9.01. The zero-order valence-electron chi connectivity index (χ0n) is 30.9. The molecule has 3 heterocycles. The third-order valence-electron chi connectivity index (χ3n) is 10.2. The predicted octanol–water partition coefficient (Wildman–Crippen LogP) is 10.4. The van der Waals surface area contributed by atoms with E-state index < -0.39 is 11.6 Å². The number of amides is 2. The number of carbonyl (C=O) groups excluding carboxylic acids is 2. The highest BCUT2D eigenvalue weighted by atomic mass is 19.1. The van der Waals surface area contributed by atoms with Crippen LogP contribution in [0.4, 0.5) is 8.78 Å². The average Bonchev–Trinajstić information content (AvgIpc) is 3.81. The van der Waals surface area contributed by atoms with Gasteiger partial charge in [0.15, 0.2) is 0 Å². The lowest BCUT2D eigenvalue weighted by Gasteiger charge is -2.15. The number of hydrogen-bond acceptors (Lipinski definition) is 6. The normalized spacial score (nSPS) is 12.4. The molecule has 0 radical (unpaired) electrons. The van der Waals surface area contributed by atoms with Gasteiger partial charge in [0.2, 0.25) is 0 Å². The second-order valence-electron chi connectivity index (χ2n) is 13.8. The number of carbonyl (C=O) groups is 2. The summed E-state index contributed by atoms with van der Waals surface area (Å²) in [4.78, 5) is 27.4. The molecule has 0 fully saturated rings. The minimum absolute atomic E-state index is 0.210. The van der Waals surface area contributed by atoms with Gasteiger partial charge in [0.05, 0.1) is 11.1 Å². The Bertz CT molecular complexity index is 2860.